The molecule has 1 fully saturated rings. The first-order valence-electron chi connectivity index (χ1n) is 4.94. The van der Waals surface area contributed by atoms with Crippen LogP contribution in [-0.4, -0.2) is 10.9 Å². The summed E-state index contributed by atoms with van der Waals surface area (Å²) < 4.78 is 0. The molecule has 2 rings (SSSR count). The van der Waals surface area contributed by atoms with Crippen molar-refractivity contribution >= 4 is 5.78 Å². The van der Waals surface area contributed by atoms with Gasteiger partial charge in [-0.15, -0.1) is 0 Å². The van der Waals surface area contributed by atoms with Crippen molar-refractivity contribution in [2.45, 2.75) is 26.7 Å². The Morgan fingerprint density at radius 3 is 2.43 bits per heavy atom. The van der Waals surface area contributed by atoms with E-state index >= 15 is 0 Å². The first kappa shape index (κ1) is 9.25. The third-order valence-corrected chi connectivity index (χ3v) is 2.78. The molecule has 0 atom stereocenters. The summed E-state index contributed by atoms with van der Waals surface area (Å²) in [6.45, 7) is 3.69. The van der Waals surface area contributed by atoms with Gasteiger partial charge >= 0.3 is 0 Å². The van der Waals surface area contributed by atoms with E-state index in [4.69, 9.17) is 0 Å². The summed E-state index contributed by atoms with van der Waals surface area (Å²) in [5.41, 5.74) is 2.19. The van der Waals surface area contributed by atoms with Gasteiger partial charge in [-0.1, -0.05) is 12.1 Å². The quantitative estimate of drug-likeness (QED) is 0.728. The maximum absolute atomic E-state index is 11.8. The van der Waals surface area contributed by atoms with Crippen molar-refractivity contribution in [3.8, 4) is 5.75 Å². The Balaban J connectivity index is 2.49. The van der Waals surface area contributed by atoms with E-state index in [2.05, 4.69) is 0 Å². The lowest BCUT2D eigenvalue weighted by atomic mass is 9.98. The van der Waals surface area contributed by atoms with Gasteiger partial charge in [-0.25, -0.2) is 0 Å². The van der Waals surface area contributed by atoms with Gasteiger partial charge in [-0.05, 0) is 37.8 Å². The largest absolute Gasteiger partial charge is 0.507 e. The third-order valence-electron chi connectivity index (χ3n) is 2.78. The minimum absolute atomic E-state index is 0.115. The molecule has 0 aliphatic heterocycles. The highest BCUT2D eigenvalue weighted by Gasteiger charge is 2.32. The van der Waals surface area contributed by atoms with Crippen molar-refractivity contribution in [3.63, 3.8) is 0 Å². The average Bonchev–Trinajstić information content (AvgIpc) is 2.95. The predicted octanol–water partition coefficient (Wildman–Crippen LogP) is 2.60. The number of phenols is 1. The molecule has 0 amide bonds. The molecule has 1 aromatic carbocycles. The first-order chi connectivity index (χ1) is 6.61. The maximum Gasteiger partial charge on any atom is 0.169 e. The number of hydrogen-bond acceptors (Lipinski definition) is 2. The van der Waals surface area contributed by atoms with E-state index in [1.165, 1.54) is 0 Å². The number of hydrogen-bond donors (Lipinski definition) is 1. The van der Waals surface area contributed by atoms with Gasteiger partial charge in [0.2, 0.25) is 0 Å². The van der Waals surface area contributed by atoms with Crippen molar-refractivity contribution in [2.75, 3.05) is 0 Å². The Kier molecular flexibility index (Phi) is 2.06. The molecule has 0 unspecified atom stereocenters. The summed E-state index contributed by atoms with van der Waals surface area (Å²) in [7, 11) is 0. The molecular weight excluding hydrogens is 176 g/mol. The van der Waals surface area contributed by atoms with E-state index in [0.29, 0.717) is 5.56 Å². The minimum atomic E-state index is 0.115. The fourth-order valence-electron chi connectivity index (χ4n) is 1.66. The summed E-state index contributed by atoms with van der Waals surface area (Å²) in [4.78, 5) is 11.8. The minimum Gasteiger partial charge on any atom is -0.507 e. The predicted molar refractivity (Wildman–Crippen MR) is 54.6 cm³/mol. The van der Waals surface area contributed by atoms with E-state index in [1.54, 1.807) is 0 Å². The highest BCUT2D eigenvalue weighted by Crippen LogP contribution is 2.37. The molecule has 0 radical (unpaired) electrons. The molecule has 1 saturated carbocycles. The zero-order valence-electron chi connectivity index (χ0n) is 8.50. The standard InChI is InChI=1S/C12H14O2/c1-7-3-4-8(2)11(13)10(7)12(14)9-5-6-9/h3-4,9,13H,5-6H2,1-2H3. The number of carbonyl (C=O) groups excluding carboxylic acids is 1. The van der Waals surface area contributed by atoms with E-state index in [0.717, 1.165) is 24.0 Å². The normalized spacial score (nSPS) is 15.6. The number of ketones is 1. The summed E-state index contributed by atoms with van der Waals surface area (Å²) in [6.07, 6.45) is 1.96. The fraction of sp³-hybridized carbons (Fsp3) is 0.417. The van der Waals surface area contributed by atoms with Crippen molar-refractivity contribution in [3.05, 3.63) is 28.8 Å². The Labute approximate surface area is 83.6 Å². The number of rotatable bonds is 2. The van der Waals surface area contributed by atoms with Gasteiger partial charge in [0.15, 0.2) is 5.78 Å². The Bertz CT molecular complexity index is 390. The smallest absolute Gasteiger partial charge is 0.169 e. The lowest BCUT2D eigenvalue weighted by Crippen LogP contribution is -2.05. The molecule has 0 bridgehead atoms. The third kappa shape index (κ3) is 1.41. The maximum atomic E-state index is 11.8. The molecule has 0 heterocycles. The summed E-state index contributed by atoms with van der Waals surface area (Å²) in [6, 6.07) is 3.74. The number of Topliss-reactive ketones (excluding diaryl/α,β-unsaturated/α-hetero) is 1. The summed E-state index contributed by atoms with van der Waals surface area (Å²) in [5.74, 6) is 0.451. The number of phenolic OH excluding ortho intramolecular Hbond substituents is 1. The summed E-state index contributed by atoms with van der Waals surface area (Å²) in [5, 5.41) is 9.80. The van der Waals surface area contributed by atoms with Gasteiger partial charge in [0, 0.05) is 5.92 Å². The van der Waals surface area contributed by atoms with Gasteiger partial charge in [0.1, 0.15) is 5.75 Å². The molecule has 1 aliphatic carbocycles. The van der Waals surface area contributed by atoms with Crippen LogP contribution >= 0.6 is 0 Å². The number of aromatic hydroxyl groups is 1. The van der Waals surface area contributed by atoms with E-state index in [9.17, 15) is 9.90 Å². The monoisotopic (exact) mass is 190 g/mol. The lowest BCUT2D eigenvalue weighted by molar-refractivity contribution is 0.0964. The van der Waals surface area contributed by atoms with Gasteiger partial charge in [0.25, 0.3) is 0 Å². The van der Waals surface area contributed by atoms with Crippen LogP contribution in [0, 0.1) is 19.8 Å². The second-order valence-corrected chi connectivity index (χ2v) is 4.06. The van der Waals surface area contributed by atoms with Crippen LogP contribution in [0.2, 0.25) is 0 Å². The number of aryl methyl sites for hydroxylation is 2. The van der Waals surface area contributed by atoms with Crippen LogP contribution in [0.15, 0.2) is 12.1 Å². The molecule has 1 aliphatic rings. The molecule has 2 nitrogen and oxygen atoms in total. The SMILES string of the molecule is Cc1ccc(C)c(C(=O)C2CC2)c1O. The molecule has 74 valence electrons. The molecule has 1 aromatic rings. The van der Waals surface area contributed by atoms with Gasteiger partial charge in [0.05, 0.1) is 5.56 Å². The molecule has 0 saturated heterocycles. The molecule has 2 heteroatoms. The molecule has 0 spiro atoms. The highest BCUT2D eigenvalue weighted by atomic mass is 16.3. The van der Waals surface area contributed by atoms with Gasteiger partial charge in [-0.2, -0.15) is 0 Å². The fourth-order valence-corrected chi connectivity index (χ4v) is 1.66. The van der Waals surface area contributed by atoms with Crippen LogP contribution in [0.25, 0.3) is 0 Å². The lowest BCUT2D eigenvalue weighted by Gasteiger charge is -2.08. The Morgan fingerprint density at radius 1 is 1.29 bits per heavy atom. The van der Waals surface area contributed by atoms with Crippen LogP contribution in [0.1, 0.15) is 34.3 Å². The van der Waals surface area contributed by atoms with Crippen LogP contribution in [0.3, 0.4) is 0 Å². The van der Waals surface area contributed by atoms with Crippen LogP contribution in [-0.2, 0) is 0 Å². The van der Waals surface area contributed by atoms with Crippen molar-refractivity contribution in [1.82, 2.24) is 0 Å². The van der Waals surface area contributed by atoms with Crippen LogP contribution < -0.4 is 0 Å². The van der Waals surface area contributed by atoms with Crippen molar-refractivity contribution < 1.29 is 9.90 Å². The first-order valence-corrected chi connectivity index (χ1v) is 4.94. The van der Waals surface area contributed by atoms with Crippen molar-refractivity contribution in [1.29, 1.82) is 0 Å². The molecule has 14 heavy (non-hydrogen) atoms. The molecule has 0 aromatic heterocycles. The second kappa shape index (κ2) is 3.12. The van der Waals surface area contributed by atoms with Gasteiger partial charge in [-0.3, -0.25) is 4.79 Å². The highest BCUT2D eigenvalue weighted by molar-refractivity contribution is 6.03. The molecular formula is C12H14O2. The van der Waals surface area contributed by atoms with Crippen LogP contribution in [0.5, 0.6) is 5.75 Å². The zero-order chi connectivity index (χ0) is 10.3. The van der Waals surface area contributed by atoms with Crippen molar-refractivity contribution in [2.24, 2.45) is 5.92 Å². The molecule has 1 N–H and O–H groups in total. The Hall–Kier alpha value is -1.31. The van der Waals surface area contributed by atoms with E-state index < -0.39 is 0 Å². The average molecular weight is 190 g/mol. The second-order valence-electron chi connectivity index (χ2n) is 4.06. The Morgan fingerprint density at radius 2 is 1.86 bits per heavy atom. The topological polar surface area (TPSA) is 37.3 Å². The van der Waals surface area contributed by atoms with Gasteiger partial charge < -0.3 is 5.11 Å². The van der Waals surface area contributed by atoms with E-state index in [1.807, 2.05) is 26.0 Å². The number of carbonyl (C=O) groups is 1. The summed E-state index contributed by atoms with van der Waals surface area (Å²) >= 11 is 0. The van der Waals surface area contributed by atoms with E-state index in [-0.39, 0.29) is 17.5 Å². The van der Waals surface area contributed by atoms with Crippen LogP contribution in [0.4, 0.5) is 0 Å². The zero-order valence-corrected chi connectivity index (χ0v) is 8.50. The number of benzene rings is 1.